The number of fused-ring (bicyclic) bond motifs is 2. The van der Waals surface area contributed by atoms with Crippen molar-refractivity contribution in [1.82, 2.24) is 0 Å². The van der Waals surface area contributed by atoms with Crippen LogP contribution in [0, 0.1) is 15.9 Å². The molecule has 144 valence electrons. The van der Waals surface area contributed by atoms with Crippen LogP contribution in [0.1, 0.15) is 23.6 Å². The van der Waals surface area contributed by atoms with Gasteiger partial charge in [-0.1, -0.05) is 42.5 Å². The minimum atomic E-state index is -0.488. The lowest BCUT2D eigenvalue weighted by atomic mass is 9.95. The van der Waals surface area contributed by atoms with Crippen molar-refractivity contribution in [2.75, 3.05) is 4.90 Å². The summed E-state index contributed by atoms with van der Waals surface area (Å²) in [5.41, 5.74) is 3.63. The molecule has 0 aliphatic carbocycles. The first kappa shape index (κ1) is 18.6. The highest BCUT2D eigenvalue weighted by atomic mass is 19.1. The van der Waals surface area contributed by atoms with E-state index in [0.29, 0.717) is 22.4 Å². The van der Waals surface area contributed by atoms with Crippen molar-refractivity contribution < 1.29 is 14.1 Å². The Morgan fingerprint density at radius 2 is 1.76 bits per heavy atom. The van der Waals surface area contributed by atoms with E-state index in [4.69, 9.17) is 0 Å². The quantitative estimate of drug-likeness (QED) is 0.434. The summed E-state index contributed by atoms with van der Waals surface area (Å²) in [6.07, 6.45) is 3.52. The van der Waals surface area contributed by atoms with E-state index in [2.05, 4.69) is 0 Å². The number of anilines is 1. The van der Waals surface area contributed by atoms with Gasteiger partial charge in [0.2, 0.25) is 5.91 Å². The first-order valence-corrected chi connectivity index (χ1v) is 9.06. The minimum Gasteiger partial charge on any atom is -0.307 e. The molecule has 0 saturated carbocycles. The van der Waals surface area contributed by atoms with Crippen LogP contribution in [0.5, 0.6) is 0 Å². The predicted octanol–water partition coefficient (Wildman–Crippen LogP) is 5.44. The molecule has 29 heavy (non-hydrogen) atoms. The summed E-state index contributed by atoms with van der Waals surface area (Å²) >= 11 is 0. The third-order valence-electron chi connectivity index (χ3n) is 4.98. The monoisotopic (exact) mass is 388 g/mol. The second-order valence-electron chi connectivity index (χ2n) is 6.84. The Bertz CT molecular complexity index is 1160. The molecule has 5 nitrogen and oxygen atoms in total. The van der Waals surface area contributed by atoms with Gasteiger partial charge in [0.15, 0.2) is 0 Å². The molecule has 0 unspecified atom stereocenters. The molecule has 0 aromatic heterocycles. The summed E-state index contributed by atoms with van der Waals surface area (Å²) in [5.74, 6) is -0.600. The van der Waals surface area contributed by atoms with Crippen molar-refractivity contribution in [3.8, 4) is 11.1 Å². The summed E-state index contributed by atoms with van der Waals surface area (Å²) in [6, 6.07) is 16.8. The number of hydrogen-bond donors (Lipinski definition) is 0. The molecule has 0 atom stereocenters. The second kappa shape index (κ2) is 7.31. The summed E-state index contributed by atoms with van der Waals surface area (Å²) < 4.78 is 14.8. The Kier molecular flexibility index (Phi) is 4.68. The SMILES string of the molecule is CC(=O)N1Cc2cc(-c3ccccc3)c(F)cc2C=Cc2ccc([N+](=O)[O-])cc21. The van der Waals surface area contributed by atoms with Gasteiger partial charge in [0.1, 0.15) is 5.82 Å². The normalized spacial score (nSPS) is 12.6. The Morgan fingerprint density at radius 1 is 1.03 bits per heavy atom. The third kappa shape index (κ3) is 3.52. The molecule has 1 heterocycles. The van der Waals surface area contributed by atoms with Crippen molar-refractivity contribution in [2.24, 2.45) is 0 Å². The fourth-order valence-corrected chi connectivity index (χ4v) is 3.50. The Morgan fingerprint density at radius 3 is 2.45 bits per heavy atom. The molecular weight excluding hydrogens is 371 g/mol. The average molecular weight is 388 g/mol. The van der Waals surface area contributed by atoms with E-state index in [9.17, 15) is 19.3 Å². The molecule has 3 aromatic carbocycles. The average Bonchev–Trinajstić information content (AvgIpc) is 2.70. The van der Waals surface area contributed by atoms with Crippen LogP contribution in [-0.4, -0.2) is 10.8 Å². The van der Waals surface area contributed by atoms with Crippen molar-refractivity contribution in [3.05, 3.63) is 93.3 Å². The van der Waals surface area contributed by atoms with Crippen molar-refractivity contribution >= 4 is 29.4 Å². The number of carbonyl (C=O) groups excluding carboxylic acids is 1. The highest BCUT2D eigenvalue weighted by molar-refractivity contribution is 5.96. The van der Waals surface area contributed by atoms with Crippen LogP contribution in [0.3, 0.4) is 0 Å². The molecule has 4 rings (SSSR count). The topological polar surface area (TPSA) is 63.5 Å². The second-order valence-corrected chi connectivity index (χ2v) is 6.84. The first-order chi connectivity index (χ1) is 13.9. The van der Waals surface area contributed by atoms with Gasteiger partial charge in [-0.15, -0.1) is 0 Å². The smallest absolute Gasteiger partial charge is 0.271 e. The molecule has 6 heteroatoms. The molecule has 1 amide bonds. The largest absolute Gasteiger partial charge is 0.307 e. The van der Waals surface area contributed by atoms with E-state index < -0.39 is 4.92 Å². The zero-order valence-corrected chi connectivity index (χ0v) is 15.6. The zero-order chi connectivity index (χ0) is 20.5. The number of amides is 1. The highest BCUT2D eigenvalue weighted by Gasteiger charge is 2.22. The van der Waals surface area contributed by atoms with Crippen molar-refractivity contribution in [1.29, 1.82) is 0 Å². The van der Waals surface area contributed by atoms with Gasteiger partial charge in [-0.2, -0.15) is 0 Å². The standard InChI is InChI=1S/C23H17FN2O3/c1-15(27)25-14-19-11-21(16-5-3-2-4-6-16)22(24)12-18(19)8-7-17-9-10-20(26(28)29)13-23(17)25/h2-13H,14H2,1H3. The van der Waals surface area contributed by atoms with Crippen LogP contribution in [0.15, 0.2) is 60.7 Å². The fourth-order valence-electron chi connectivity index (χ4n) is 3.50. The molecular formula is C23H17FN2O3. The van der Waals surface area contributed by atoms with Crippen LogP contribution in [-0.2, 0) is 11.3 Å². The van der Waals surface area contributed by atoms with Crippen LogP contribution >= 0.6 is 0 Å². The molecule has 0 bridgehead atoms. The van der Waals surface area contributed by atoms with E-state index in [1.165, 1.54) is 30.0 Å². The van der Waals surface area contributed by atoms with Gasteiger partial charge in [-0.05, 0) is 40.5 Å². The number of nitrogens with zero attached hydrogens (tertiary/aromatic N) is 2. The summed E-state index contributed by atoms with van der Waals surface area (Å²) in [7, 11) is 0. The third-order valence-corrected chi connectivity index (χ3v) is 4.98. The molecule has 1 aliphatic rings. The molecule has 3 aromatic rings. The highest BCUT2D eigenvalue weighted by Crippen LogP contribution is 2.34. The number of nitro benzene ring substituents is 1. The summed E-state index contributed by atoms with van der Waals surface area (Å²) in [5, 5.41) is 11.2. The van der Waals surface area contributed by atoms with Crippen molar-refractivity contribution in [3.63, 3.8) is 0 Å². The maximum Gasteiger partial charge on any atom is 0.271 e. The number of nitro groups is 1. The van der Waals surface area contributed by atoms with E-state index >= 15 is 0 Å². The van der Waals surface area contributed by atoms with E-state index in [1.54, 1.807) is 24.3 Å². The van der Waals surface area contributed by atoms with Gasteiger partial charge < -0.3 is 4.90 Å². The lowest BCUT2D eigenvalue weighted by molar-refractivity contribution is -0.384. The lowest BCUT2D eigenvalue weighted by Gasteiger charge is -2.26. The van der Waals surface area contributed by atoms with Crippen LogP contribution in [0.2, 0.25) is 0 Å². The Labute approximate surface area is 166 Å². The Balaban J connectivity index is 1.88. The molecule has 0 N–H and O–H groups in total. The zero-order valence-electron chi connectivity index (χ0n) is 15.6. The van der Waals surface area contributed by atoms with E-state index in [-0.39, 0.29) is 24.0 Å². The molecule has 0 spiro atoms. The number of hydrogen-bond acceptors (Lipinski definition) is 3. The van der Waals surface area contributed by atoms with Gasteiger partial charge >= 0.3 is 0 Å². The number of halogens is 1. The van der Waals surface area contributed by atoms with E-state index in [1.807, 2.05) is 30.3 Å². The minimum absolute atomic E-state index is 0.0896. The summed E-state index contributed by atoms with van der Waals surface area (Å²) in [6.45, 7) is 1.60. The maximum atomic E-state index is 14.8. The predicted molar refractivity (Wildman–Crippen MR) is 111 cm³/mol. The van der Waals surface area contributed by atoms with Crippen LogP contribution in [0.4, 0.5) is 15.8 Å². The van der Waals surface area contributed by atoms with Gasteiger partial charge in [0, 0.05) is 24.6 Å². The first-order valence-electron chi connectivity index (χ1n) is 9.06. The van der Waals surface area contributed by atoms with Crippen LogP contribution in [0.25, 0.3) is 23.3 Å². The summed E-state index contributed by atoms with van der Waals surface area (Å²) in [4.78, 5) is 24.6. The van der Waals surface area contributed by atoms with Gasteiger partial charge in [0.05, 0.1) is 17.2 Å². The number of benzene rings is 3. The fraction of sp³-hybridized carbons (Fsp3) is 0.0870. The molecule has 0 radical (unpaired) electrons. The Hall–Kier alpha value is -3.80. The maximum absolute atomic E-state index is 14.8. The number of rotatable bonds is 2. The van der Waals surface area contributed by atoms with Gasteiger partial charge in [-0.3, -0.25) is 14.9 Å². The van der Waals surface area contributed by atoms with Crippen LogP contribution < -0.4 is 4.90 Å². The lowest BCUT2D eigenvalue weighted by Crippen LogP contribution is -2.29. The number of non-ortho nitro benzene ring substituents is 1. The molecule has 1 aliphatic heterocycles. The van der Waals surface area contributed by atoms with Gasteiger partial charge in [-0.25, -0.2) is 4.39 Å². The van der Waals surface area contributed by atoms with Gasteiger partial charge in [0.25, 0.3) is 5.69 Å². The van der Waals surface area contributed by atoms with E-state index in [0.717, 1.165) is 11.1 Å². The number of carbonyl (C=O) groups is 1. The van der Waals surface area contributed by atoms with Crippen molar-refractivity contribution in [2.45, 2.75) is 13.5 Å². The molecule has 0 fully saturated rings. The molecule has 0 saturated heterocycles.